The highest BCUT2D eigenvalue weighted by molar-refractivity contribution is 6.10. The minimum atomic E-state index is 1.08. The first-order valence-electron chi connectivity index (χ1n) is 22.7. The van der Waals surface area contributed by atoms with Crippen LogP contribution in [0.4, 0.5) is 17.1 Å². The fraction of sp³-hybridized carbons (Fsp3) is 0. The molecule has 0 atom stereocenters. The number of hydrogen-bond acceptors (Lipinski definition) is 1. The van der Waals surface area contributed by atoms with Gasteiger partial charge in [0.05, 0.1) is 16.7 Å². The van der Waals surface area contributed by atoms with E-state index in [2.05, 4.69) is 276 Å². The fourth-order valence-corrected chi connectivity index (χ4v) is 9.89. The van der Waals surface area contributed by atoms with Gasteiger partial charge in [0.1, 0.15) is 0 Å². The summed E-state index contributed by atoms with van der Waals surface area (Å²) in [6.45, 7) is 0. The van der Waals surface area contributed by atoms with Crippen LogP contribution in [0.5, 0.6) is 0 Å². The van der Waals surface area contributed by atoms with Crippen molar-refractivity contribution in [1.29, 1.82) is 0 Å². The Hall–Kier alpha value is -8.72. The Labute approximate surface area is 385 Å². The van der Waals surface area contributed by atoms with Crippen molar-refractivity contribution in [3.63, 3.8) is 0 Å². The van der Waals surface area contributed by atoms with Gasteiger partial charge in [-0.2, -0.15) is 0 Å². The molecule has 0 aliphatic heterocycles. The van der Waals surface area contributed by atoms with E-state index in [1.807, 2.05) is 0 Å². The van der Waals surface area contributed by atoms with Crippen molar-refractivity contribution in [2.45, 2.75) is 0 Å². The number of nitrogens with zero attached hydrogens (tertiary/aromatic N) is 2. The second kappa shape index (κ2) is 16.8. The molecule has 0 N–H and O–H groups in total. The topological polar surface area (TPSA) is 8.17 Å². The molecule has 11 aromatic carbocycles. The van der Waals surface area contributed by atoms with Crippen LogP contribution in [0.3, 0.4) is 0 Å². The summed E-state index contributed by atoms with van der Waals surface area (Å²) >= 11 is 0. The van der Waals surface area contributed by atoms with E-state index in [4.69, 9.17) is 0 Å². The van der Waals surface area contributed by atoms with Crippen molar-refractivity contribution in [3.8, 4) is 61.3 Å². The van der Waals surface area contributed by atoms with E-state index in [9.17, 15) is 0 Å². The fourth-order valence-electron chi connectivity index (χ4n) is 9.89. The molecule has 0 unspecified atom stereocenters. The van der Waals surface area contributed by atoms with Crippen molar-refractivity contribution in [3.05, 3.63) is 267 Å². The maximum absolute atomic E-state index is 2.44. The third-order valence-electron chi connectivity index (χ3n) is 13.0. The number of anilines is 3. The maximum Gasteiger partial charge on any atom is 0.0546 e. The second-order valence-electron chi connectivity index (χ2n) is 16.9. The van der Waals surface area contributed by atoms with Crippen LogP contribution in [-0.2, 0) is 0 Å². The zero-order chi connectivity index (χ0) is 43.8. The lowest BCUT2D eigenvalue weighted by Gasteiger charge is -2.27. The number of aromatic nitrogens is 1. The van der Waals surface area contributed by atoms with Crippen molar-refractivity contribution in [2.24, 2.45) is 0 Å². The summed E-state index contributed by atoms with van der Waals surface area (Å²) in [5, 5.41) is 4.97. The molecule has 0 aliphatic carbocycles. The summed E-state index contributed by atoms with van der Waals surface area (Å²) in [6, 6.07) is 96.9. The number of hydrogen-bond donors (Lipinski definition) is 0. The van der Waals surface area contributed by atoms with Gasteiger partial charge in [-0.3, -0.25) is 0 Å². The van der Waals surface area contributed by atoms with Crippen LogP contribution in [0.25, 0.3) is 93.9 Å². The zero-order valence-electron chi connectivity index (χ0n) is 36.3. The Morgan fingerprint density at radius 1 is 0.258 bits per heavy atom. The average Bonchev–Trinajstić information content (AvgIpc) is 3.74. The van der Waals surface area contributed by atoms with Crippen molar-refractivity contribution in [2.75, 3.05) is 4.90 Å². The van der Waals surface area contributed by atoms with Crippen LogP contribution in [0.2, 0.25) is 0 Å². The molecule has 66 heavy (non-hydrogen) atoms. The highest BCUT2D eigenvalue weighted by Gasteiger charge is 2.20. The molecular weight excluding hydrogens is 797 g/mol. The number of fused-ring (bicyclic) bond motifs is 4. The van der Waals surface area contributed by atoms with Gasteiger partial charge in [0.2, 0.25) is 0 Å². The Balaban J connectivity index is 0.990. The molecule has 0 saturated heterocycles. The highest BCUT2D eigenvalue weighted by Crippen LogP contribution is 2.44. The first-order chi connectivity index (χ1) is 32.7. The van der Waals surface area contributed by atoms with Gasteiger partial charge in [-0.15, -0.1) is 0 Å². The highest BCUT2D eigenvalue weighted by atomic mass is 15.1. The van der Waals surface area contributed by atoms with Gasteiger partial charge < -0.3 is 9.47 Å². The summed E-state index contributed by atoms with van der Waals surface area (Å²) in [6.07, 6.45) is 0. The van der Waals surface area contributed by atoms with E-state index in [0.29, 0.717) is 0 Å². The number of benzene rings is 11. The molecule has 12 aromatic rings. The van der Waals surface area contributed by atoms with Crippen LogP contribution >= 0.6 is 0 Å². The number of para-hydroxylation sites is 2. The van der Waals surface area contributed by atoms with E-state index < -0.39 is 0 Å². The van der Waals surface area contributed by atoms with Crippen LogP contribution < -0.4 is 4.90 Å². The normalized spacial score (nSPS) is 11.3. The van der Waals surface area contributed by atoms with E-state index in [1.54, 1.807) is 0 Å². The van der Waals surface area contributed by atoms with Crippen molar-refractivity contribution < 1.29 is 0 Å². The number of rotatable bonds is 9. The lowest BCUT2D eigenvalue weighted by atomic mass is 9.92. The third-order valence-corrected chi connectivity index (χ3v) is 13.0. The Morgan fingerprint density at radius 3 is 1.36 bits per heavy atom. The molecule has 12 rings (SSSR count). The molecule has 0 saturated carbocycles. The summed E-state index contributed by atoms with van der Waals surface area (Å²) in [5.74, 6) is 0. The summed E-state index contributed by atoms with van der Waals surface area (Å²) < 4.78 is 2.44. The SMILES string of the molecule is c1ccc(-c2cccc(N(c3ccc(-c4cccc(-n5c6ccccc6c6ccccc65)c4-c4ccccc4)cc3)c3ccc(-c4cc(-c5ccccc5)cc5ccccc45)cc3)c2)cc1. The minimum Gasteiger partial charge on any atom is -0.310 e. The molecule has 0 radical (unpaired) electrons. The lowest BCUT2D eigenvalue weighted by molar-refractivity contribution is 1.18. The maximum atomic E-state index is 2.44. The van der Waals surface area contributed by atoms with Gasteiger partial charge in [-0.25, -0.2) is 0 Å². The van der Waals surface area contributed by atoms with E-state index in [-0.39, 0.29) is 0 Å². The van der Waals surface area contributed by atoms with Gasteiger partial charge in [0, 0.05) is 33.4 Å². The second-order valence-corrected chi connectivity index (χ2v) is 16.9. The van der Waals surface area contributed by atoms with E-state index in [0.717, 1.165) is 28.3 Å². The predicted octanol–water partition coefficient (Wildman–Crippen LogP) is 17.7. The third kappa shape index (κ3) is 7.02. The smallest absolute Gasteiger partial charge is 0.0546 e. The molecule has 2 nitrogen and oxygen atoms in total. The Morgan fingerprint density at radius 2 is 0.742 bits per heavy atom. The quantitative estimate of drug-likeness (QED) is 0.141. The molecule has 2 heteroatoms. The first-order valence-corrected chi connectivity index (χ1v) is 22.7. The minimum absolute atomic E-state index is 1.08. The average molecular weight is 841 g/mol. The first kappa shape index (κ1) is 38.9. The molecule has 0 spiro atoms. The monoisotopic (exact) mass is 840 g/mol. The molecule has 1 aromatic heterocycles. The molecule has 0 aliphatic rings. The molecule has 0 amide bonds. The molecule has 0 bridgehead atoms. The van der Waals surface area contributed by atoms with E-state index >= 15 is 0 Å². The summed E-state index contributed by atoms with van der Waals surface area (Å²) in [4.78, 5) is 2.38. The van der Waals surface area contributed by atoms with Crippen LogP contribution in [0.1, 0.15) is 0 Å². The Bertz CT molecular complexity index is 3610. The molecule has 1 heterocycles. The van der Waals surface area contributed by atoms with Gasteiger partial charge in [-0.1, -0.05) is 200 Å². The van der Waals surface area contributed by atoms with Crippen LogP contribution in [0, 0.1) is 0 Å². The van der Waals surface area contributed by atoms with Crippen LogP contribution in [0.15, 0.2) is 267 Å². The van der Waals surface area contributed by atoms with E-state index in [1.165, 1.54) is 82.6 Å². The molecule has 0 fully saturated rings. The van der Waals surface area contributed by atoms with Gasteiger partial charge in [0.25, 0.3) is 0 Å². The van der Waals surface area contributed by atoms with Gasteiger partial charge in [0.15, 0.2) is 0 Å². The largest absolute Gasteiger partial charge is 0.310 e. The van der Waals surface area contributed by atoms with Crippen LogP contribution in [-0.4, -0.2) is 4.57 Å². The lowest BCUT2D eigenvalue weighted by Crippen LogP contribution is -2.10. The standard InChI is InChI=1S/C64H44N2/c1-4-18-45(19-5-1)50-25-16-26-55(43-50)65(54-40-36-48(37-41-54)60-44-52(46-20-6-2-7-21-46)42-51-24-10-11-27-56(51)60)53-38-34-47(35-39-53)57-30-17-33-63(64(57)49-22-8-3-9-23-49)66-61-31-14-12-28-58(61)59-29-13-15-32-62(59)66/h1-44H. The van der Waals surface area contributed by atoms with Gasteiger partial charge >= 0.3 is 0 Å². The predicted molar refractivity (Wildman–Crippen MR) is 280 cm³/mol. The molecule has 310 valence electrons. The summed E-state index contributed by atoms with van der Waals surface area (Å²) in [7, 11) is 0. The summed E-state index contributed by atoms with van der Waals surface area (Å²) in [5.41, 5.74) is 18.7. The van der Waals surface area contributed by atoms with Crippen molar-refractivity contribution >= 4 is 49.6 Å². The Kier molecular flexibility index (Phi) is 9.89. The van der Waals surface area contributed by atoms with Gasteiger partial charge in [-0.05, 0) is 128 Å². The molecular formula is C64H44N2. The zero-order valence-corrected chi connectivity index (χ0v) is 36.3. The van der Waals surface area contributed by atoms with Crippen molar-refractivity contribution in [1.82, 2.24) is 4.57 Å².